The molecule has 10 heteroatoms. The number of hydrogen-bond acceptors (Lipinski definition) is 6. The number of ketones is 2. The van der Waals surface area contributed by atoms with E-state index in [1.807, 2.05) is 113 Å². The number of Topliss-reactive ketones (excluding diaryl/α,β-unsaturated/α-hetero) is 2. The van der Waals surface area contributed by atoms with Crippen LogP contribution >= 0.6 is 0 Å². The van der Waals surface area contributed by atoms with Gasteiger partial charge >= 0.3 is 0 Å². The first-order chi connectivity index (χ1) is 25.0. The number of benzene rings is 2. The van der Waals surface area contributed by atoms with Crippen LogP contribution in [0.1, 0.15) is 65.7 Å². The second kappa shape index (κ2) is 16.3. The van der Waals surface area contributed by atoms with Gasteiger partial charge in [0.25, 0.3) is 11.1 Å². The van der Waals surface area contributed by atoms with Crippen LogP contribution in [0.5, 0.6) is 0 Å². The molecular formula is C42H38N6O4. The monoisotopic (exact) mass is 690 g/mol. The van der Waals surface area contributed by atoms with Gasteiger partial charge in [-0.15, -0.1) is 0 Å². The first kappa shape index (κ1) is 36.5. The molecule has 10 nitrogen and oxygen atoms in total. The van der Waals surface area contributed by atoms with Crippen LogP contribution in [0.2, 0.25) is 0 Å². The molecule has 0 atom stereocenters. The molecule has 4 aromatic heterocycles. The van der Waals surface area contributed by atoms with E-state index in [1.165, 1.54) is 45.8 Å². The Labute approximate surface area is 301 Å². The number of pyridine rings is 2. The highest BCUT2D eigenvalue weighted by Crippen LogP contribution is 2.20. The fraction of sp³-hybridized carbons (Fsp3) is 0.190. The molecule has 0 spiro atoms. The Morgan fingerprint density at radius 2 is 0.923 bits per heavy atom. The molecule has 0 saturated heterocycles. The third-order valence-electron chi connectivity index (χ3n) is 8.97. The molecule has 4 heterocycles. The maximum Gasteiger partial charge on any atom is 0.251 e. The summed E-state index contributed by atoms with van der Waals surface area (Å²) in [6, 6.07) is 33.3. The Bertz CT molecular complexity index is 2280. The zero-order chi connectivity index (χ0) is 37.4. The maximum atomic E-state index is 12.7. The van der Waals surface area contributed by atoms with Gasteiger partial charge in [-0.2, -0.15) is 10.5 Å². The quantitative estimate of drug-likeness (QED) is 0.159. The molecular weight excluding hydrogens is 653 g/mol. The van der Waals surface area contributed by atoms with Gasteiger partial charge in [-0.3, -0.25) is 19.2 Å². The van der Waals surface area contributed by atoms with E-state index in [2.05, 4.69) is 9.13 Å². The normalized spacial score (nSPS) is 10.5. The van der Waals surface area contributed by atoms with Crippen LogP contribution in [-0.4, -0.2) is 29.8 Å². The highest BCUT2D eigenvalue weighted by Gasteiger charge is 2.18. The Morgan fingerprint density at radius 1 is 0.558 bits per heavy atom. The van der Waals surface area contributed by atoms with Crippen molar-refractivity contribution in [3.05, 3.63) is 186 Å². The summed E-state index contributed by atoms with van der Waals surface area (Å²) in [6.07, 6.45) is 2.84. The lowest BCUT2D eigenvalue weighted by molar-refractivity contribution is 0.0962. The molecule has 0 aliphatic rings. The van der Waals surface area contributed by atoms with Gasteiger partial charge in [0.1, 0.15) is 12.1 Å². The standard InChI is InChI=1S/2C21H19N3O2/c2*1-15-10-19(16(2)24(15)13-17-6-4-3-5-7-17)20(25)14-23-12-18(11-22)8-9-21(23)26/h2*3-10,12H,13-14H2,1-2H3. The lowest BCUT2D eigenvalue weighted by atomic mass is 10.1. The number of aryl methyl sites for hydroxylation is 2. The van der Waals surface area contributed by atoms with Crippen LogP contribution < -0.4 is 11.1 Å². The zero-order valence-electron chi connectivity index (χ0n) is 29.5. The predicted octanol–water partition coefficient (Wildman–Crippen LogP) is 6.14. The van der Waals surface area contributed by atoms with Crippen molar-refractivity contribution in [2.24, 2.45) is 0 Å². The lowest BCUT2D eigenvalue weighted by Crippen LogP contribution is -2.23. The van der Waals surface area contributed by atoms with Gasteiger partial charge in [0.05, 0.1) is 24.2 Å². The minimum atomic E-state index is -0.296. The summed E-state index contributed by atoms with van der Waals surface area (Å²) in [5.74, 6) is -0.288. The van der Waals surface area contributed by atoms with Crippen LogP contribution in [0.4, 0.5) is 0 Å². The molecule has 0 fully saturated rings. The number of carbonyl (C=O) groups excluding carboxylic acids is 2. The van der Waals surface area contributed by atoms with E-state index in [1.54, 1.807) is 0 Å². The second-order valence-electron chi connectivity index (χ2n) is 12.6. The minimum absolute atomic E-state index is 0.0794. The number of aromatic nitrogens is 4. The fourth-order valence-corrected chi connectivity index (χ4v) is 6.11. The van der Waals surface area contributed by atoms with E-state index in [4.69, 9.17) is 10.5 Å². The second-order valence-corrected chi connectivity index (χ2v) is 12.6. The van der Waals surface area contributed by atoms with Gasteiger partial charge in [-0.25, -0.2) is 0 Å². The Kier molecular flexibility index (Phi) is 11.4. The number of hydrogen-bond donors (Lipinski definition) is 0. The van der Waals surface area contributed by atoms with Crippen LogP contribution in [0.3, 0.4) is 0 Å². The topological polar surface area (TPSA) is 136 Å². The van der Waals surface area contributed by atoms with Crippen molar-refractivity contribution >= 4 is 11.6 Å². The summed E-state index contributed by atoms with van der Waals surface area (Å²) in [5, 5.41) is 17.9. The van der Waals surface area contributed by atoms with Gasteiger partial charge in [0.15, 0.2) is 11.6 Å². The summed E-state index contributed by atoms with van der Waals surface area (Å²) >= 11 is 0. The third-order valence-corrected chi connectivity index (χ3v) is 8.97. The molecule has 6 rings (SSSR count). The summed E-state index contributed by atoms with van der Waals surface area (Å²) in [5.41, 5.74) is 7.38. The largest absolute Gasteiger partial charge is 0.344 e. The average molecular weight is 691 g/mol. The van der Waals surface area contributed by atoms with Crippen molar-refractivity contribution in [2.45, 2.75) is 53.9 Å². The average Bonchev–Trinajstić information content (AvgIpc) is 3.60. The zero-order valence-corrected chi connectivity index (χ0v) is 29.5. The van der Waals surface area contributed by atoms with Crippen LogP contribution in [-0.2, 0) is 26.2 Å². The van der Waals surface area contributed by atoms with Crippen molar-refractivity contribution in [1.29, 1.82) is 10.5 Å². The smallest absolute Gasteiger partial charge is 0.251 e. The molecule has 0 saturated carbocycles. The Balaban J connectivity index is 0.000000201. The van der Waals surface area contributed by atoms with Crippen molar-refractivity contribution in [3.8, 4) is 12.1 Å². The molecule has 0 N–H and O–H groups in total. The van der Waals surface area contributed by atoms with Crippen molar-refractivity contribution in [3.63, 3.8) is 0 Å². The molecule has 6 aromatic rings. The van der Waals surface area contributed by atoms with Crippen LogP contribution in [0.25, 0.3) is 0 Å². The molecule has 52 heavy (non-hydrogen) atoms. The van der Waals surface area contributed by atoms with Crippen LogP contribution in [0, 0.1) is 50.4 Å². The van der Waals surface area contributed by atoms with Crippen molar-refractivity contribution in [2.75, 3.05) is 0 Å². The lowest BCUT2D eigenvalue weighted by Gasteiger charge is -2.10. The van der Waals surface area contributed by atoms with Gasteiger partial charge in [0.2, 0.25) is 0 Å². The highest BCUT2D eigenvalue weighted by atomic mass is 16.1. The Hall–Kier alpha value is -6.78. The molecule has 0 amide bonds. The summed E-state index contributed by atoms with van der Waals surface area (Å²) in [4.78, 5) is 49.4. The molecule has 0 radical (unpaired) electrons. The van der Waals surface area contributed by atoms with Gasteiger partial charge in [0, 0.05) is 71.5 Å². The summed E-state index contributed by atoms with van der Waals surface area (Å²) in [7, 11) is 0. The first-order valence-corrected chi connectivity index (χ1v) is 16.7. The van der Waals surface area contributed by atoms with E-state index >= 15 is 0 Å². The predicted molar refractivity (Wildman–Crippen MR) is 198 cm³/mol. The van der Waals surface area contributed by atoms with E-state index in [0.717, 1.165) is 33.9 Å². The van der Waals surface area contributed by atoms with Crippen molar-refractivity contribution in [1.82, 2.24) is 18.3 Å². The molecule has 0 aliphatic heterocycles. The highest BCUT2D eigenvalue weighted by molar-refractivity contribution is 5.98. The number of nitriles is 2. The van der Waals surface area contributed by atoms with E-state index < -0.39 is 0 Å². The number of carbonyl (C=O) groups is 2. The molecule has 0 aliphatic carbocycles. The van der Waals surface area contributed by atoms with Gasteiger partial charge < -0.3 is 18.3 Å². The van der Waals surface area contributed by atoms with Gasteiger partial charge in [-0.05, 0) is 63.1 Å². The molecule has 2 aromatic carbocycles. The Morgan fingerprint density at radius 3 is 1.27 bits per heavy atom. The molecule has 0 unspecified atom stereocenters. The minimum Gasteiger partial charge on any atom is -0.344 e. The molecule has 260 valence electrons. The van der Waals surface area contributed by atoms with Crippen LogP contribution in [0.15, 0.2) is 119 Å². The first-order valence-electron chi connectivity index (χ1n) is 16.7. The van der Waals surface area contributed by atoms with Gasteiger partial charge in [-0.1, -0.05) is 60.7 Å². The number of nitrogens with zero attached hydrogens (tertiary/aromatic N) is 6. The van der Waals surface area contributed by atoms with E-state index in [9.17, 15) is 19.2 Å². The number of rotatable bonds is 10. The van der Waals surface area contributed by atoms with E-state index in [-0.39, 0.29) is 35.8 Å². The summed E-state index contributed by atoms with van der Waals surface area (Å²) < 4.78 is 6.75. The maximum absolute atomic E-state index is 12.7. The van der Waals surface area contributed by atoms with E-state index in [0.29, 0.717) is 35.3 Å². The fourth-order valence-electron chi connectivity index (χ4n) is 6.11. The SMILES string of the molecule is Cc1cc(C(=O)Cn2cc(C#N)ccc2=O)c(C)n1Cc1ccccc1.Cc1cc(C(=O)Cn2cc(C#N)ccc2=O)c(C)n1Cc1ccccc1. The molecule has 0 bridgehead atoms. The van der Waals surface area contributed by atoms with Crippen molar-refractivity contribution < 1.29 is 9.59 Å². The summed E-state index contributed by atoms with van der Waals surface area (Å²) in [6.45, 7) is 8.99. The third kappa shape index (κ3) is 8.50.